The van der Waals surface area contributed by atoms with Gasteiger partial charge in [0.05, 0.1) is 12.0 Å². The molecule has 2 atom stereocenters. The van der Waals surface area contributed by atoms with Crippen LogP contribution in [0.1, 0.15) is 12.0 Å². The van der Waals surface area contributed by atoms with E-state index >= 15 is 0 Å². The molecule has 1 heterocycles. The van der Waals surface area contributed by atoms with E-state index in [1.165, 1.54) is 6.07 Å². The lowest BCUT2D eigenvalue weighted by Crippen LogP contribution is -2.46. The van der Waals surface area contributed by atoms with Gasteiger partial charge in [0.1, 0.15) is 5.82 Å². The molecule has 0 amide bonds. The van der Waals surface area contributed by atoms with E-state index in [2.05, 4.69) is 0 Å². The predicted molar refractivity (Wildman–Crippen MR) is 68.4 cm³/mol. The minimum absolute atomic E-state index is 0.235. The maximum Gasteiger partial charge on any atom is 0.309 e. The minimum atomic E-state index is -0.982. The third kappa shape index (κ3) is 3.43. The first-order valence-corrected chi connectivity index (χ1v) is 6.42. The second-order valence-corrected chi connectivity index (χ2v) is 5.21. The highest BCUT2D eigenvalue weighted by Gasteiger charge is 2.32. The third-order valence-electron chi connectivity index (χ3n) is 3.39. The number of hydrogen-bond donors (Lipinski definition) is 2. The summed E-state index contributed by atoms with van der Waals surface area (Å²) < 4.78 is 13.6. The average molecular weight is 288 g/mol. The lowest BCUT2D eigenvalue weighted by molar-refractivity contribution is -0.148. The number of β-amino-alcohol motifs (C(OH)–C–C–N with tert-alkyl or cyclic N) is 1. The van der Waals surface area contributed by atoms with Gasteiger partial charge in [0, 0.05) is 23.7 Å². The highest BCUT2D eigenvalue weighted by Crippen LogP contribution is 2.22. The number of rotatable bonds is 3. The Morgan fingerprint density at radius 1 is 1.53 bits per heavy atom. The number of likely N-dealkylation sites (tertiary alicyclic amines) is 1. The first-order valence-electron chi connectivity index (χ1n) is 6.04. The van der Waals surface area contributed by atoms with Gasteiger partial charge in [-0.15, -0.1) is 0 Å². The smallest absolute Gasteiger partial charge is 0.309 e. The molecule has 1 aliphatic heterocycles. The Morgan fingerprint density at radius 3 is 2.84 bits per heavy atom. The molecular weight excluding hydrogens is 273 g/mol. The lowest BCUT2D eigenvalue weighted by Gasteiger charge is -2.33. The number of aliphatic carboxylic acids is 1. The van der Waals surface area contributed by atoms with Crippen molar-refractivity contribution in [3.63, 3.8) is 0 Å². The quantitative estimate of drug-likeness (QED) is 0.889. The van der Waals surface area contributed by atoms with Gasteiger partial charge in [0.25, 0.3) is 0 Å². The van der Waals surface area contributed by atoms with Crippen molar-refractivity contribution < 1.29 is 19.4 Å². The van der Waals surface area contributed by atoms with Gasteiger partial charge in [-0.2, -0.15) is 0 Å². The Kier molecular flexibility index (Phi) is 4.39. The fourth-order valence-corrected chi connectivity index (χ4v) is 2.48. The minimum Gasteiger partial charge on any atom is -0.481 e. The van der Waals surface area contributed by atoms with E-state index in [0.29, 0.717) is 30.1 Å². The summed E-state index contributed by atoms with van der Waals surface area (Å²) in [4.78, 5) is 12.7. The average Bonchev–Trinajstić information content (AvgIpc) is 2.32. The molecule has 0 spiro atoms. The van der Waals surface area contributed by atoms with E-state index < -0.39 is 18.0 Å². The van der Waals surface area contributed by atoms with Crippen LogP contribution in [0.2, 0.25) is 5.02 Å². The summed E-state index contributed by atoms with van der Waals surface area (Å²) in [5.41, 5.74) is 0.491. The number of halogens is 2. The maximum absolute atomic E-state index is 13.6. The summed E-state index contributed by atoms with van der Waals surface area (Å²) >= 11 is 5.68. The van der Waals surface area contributed by atoms with Crippen molar-refractivity contribution in [1.29, 1.82) is 0 Å². The molecule has 1 aromatic carbocycles. The summed E-state index contributed by atoms with van der Waals surface area (Å²) in [6.07, 6.45) is -0.548. The maximum atomic E-state index is 13.6. The number of aliphatic hydroxyl groups is 1. The van der Waals surface area contributed by atoms with Gasteiger partial charge in [-0.1, -0.05) is 17.7 Å². The summed E-state index contributed by atoms with van der Waals surface area (Å²) in [6.45, 7) is 1.10. The fraction of sp³-hybridized carbons (Fsp3) is 0.462. The SMILES string of the molecule is O=C(O)[C@H]1CCN(Cc2ccc(Cl)cc2F)C[C@H]1O. The molecule has 1 saturated heterocycles. The molecule has 1 aliphatic rings. The van der Waals surface area contributed by atoms with E-state index in [4.69, 9.17) is 16.7 Å². The summed E-state index contributed by atoms with van der Waals surface area (Å²) in [7, 11) is 0. The topological polar surface area (TPSA) is 60.8 Å². The van der Waals surface area contributed by atoms with Gasteiger partial charge in [-0.3, -0.25) is 9.69 Å². The first-order chi connectivity index (χ1) is 8.97. The Labute approximate surface area is 115 Å². The number of nitrogens with zero attached hydrogens (tertiary/aromatic N) is 1. The van der Waals surface area contributed by atoms with Crippen molar-refractivity contribution in [3.8, 4) is 0 Å². The molecular formula is C13H15ClFNO3. The number of carboxylic acids is 1. The standard InChI is InChI=1S/C13H15ClFNO3/c14-9-2-1-8(11(15)5-9)6-16-4-3-10(13(18)19)12(17)7-16/h1-2,5,10,12,17H,3-4,6-7H2,(H,18,19)/t10-,12+/m0/s1. The molecule has 19 heavy (non-hydrogen) atoms. The van der Waals surface area contributed by atoms with Crippen LogP contribution in [0.3, 0.4) is 0 Å². The van der Waals surface area contributed by atoms with Crippen LogP contribution >= 0.6 is 11.6 Å². The molecule has 104 valence electrons. The largest absolute Gasteiger partial charge is 0.481 e. The van der Waals surface area contributed by atoms with Crippen molar-refractivity contribution in [3.05, 3.63) is 34.6 Å². The molecule has 4 nitrogen and oxygen atoms in total. The Bertz CT molecular complexity index is 483. The third-order valence-corrected chi connectivity index (χ3v) is 3.63. The van der Waals surface area contributed by atoms with Crippen LogP contribution in [0.4, 0.5) is 4.39 Å². The molecule has 0 radical (unpaired) electrons. The highest BCUT2D eigenvalue weighted by atomic mass is 35.5. The Hall–Kier alpha value is -1.17. The van der Waals surface area contributed by atoms with Crippen LogP contribution in [-0.4, -0.2) is 40.3 Å². The predicted octanol–water partition coefficient (Wildman–Crippen LogP) is 1.75. The van der Waals surface area contributed by atoms with Gasteiger partial charge >= 0.3 is 5.97 Å². The number of benzene rings is 1. The molecule has 0 unspecified atom stereocenters. The molecule has 0 saturated carbocycles. The van der Waals surface area contributed by atoms with Crippen LogP contribution in [-0.2, 0) is 11.3 Å². The monoisotopic (exact) mass is 287 g/mol. The van der Waals surface area contributed by atoms with E-state index in [9.17, 15) is 14.3 Å². The molecule has 1 aromatic rings. The molecule has 2 rings (SSSR count). The van der Waals surface area contributed by atoms with Gasteiger partial charge in [-0.05, 0) is 25.1 Å². The number of aliphatic hydroxyl groups excluding tert-OH is 1. The number of hydrogen-bond acceptors (Lipinski definition) is 3. The number of carbonyl (C=O) groups is 1. The van der Waals surface area contributed by atoms with Crippen LogP contribution in [0.5, 0.6) is 0 Å². The van der Waals surface area contributed by atoms with Crippen LogP contribution < -0.4 is 0 Å². The van der Waals surface area contributed by atoms with Crippen LogP contribution in [0.15, 0.2) is 18.2 Å². The Balaban J connectivity index is 2.00. The van der Waals surface area contributed by atoms with Crippen LogP contribution in [0.25, 0.3) is 0 Å². The normalized spacial score (nSPS) is 24.4. The molecule has 6 heteroatoms. The number of piperidine rings is 1. The zero-order valence-electron chi connectivity index (χ0n) is 10.2. The van der Waals surface area contributed by atoms with E-state index in [1.807, 2.05) is 4.90 Å². The lowest BCUT2D eigenvalue weighted by atomic mass is 9.94. The fourth-order valence-electron chi connectivity index (χ4n) is 2.32. The van der Waals surface area contributed by atoms with Crippen molar-refractivity contribution in [1.82, 2.24) is 4.90 Å². The van der Waals surface area contributed by atoms with Gasteiger partial charge in [0.2, 0.25) is 0 Å². The molecule has 0 aromatic heterocycles. The summed E-state index contributed by atoms with van der Waals surface area (Å²) in [6, 6.07) is 4.46. The van der Waals surface area contributed by atoms with Gasteiger partial charge in [-0.25, -0.2) is 4.39 Å². The molecule has 1 fully saturated rings. The second kappa shape index (κ2) is 5.86. The summed E-state index contributed by atoms with van der Waals surface area (Å²) in [5.74, 6) is -2.10. The van der Waals surface area contributed by atoms with Crippen molar-refractivity contribution in [2.24, 2.45) is 5.92 Å². The Morgan fingerprint density at radius 2 is 2.26 bits per heavy atom. The van der Waals surface area contributed by atoms with E-state index in [-0.39, 0.29) is 12.4 Å². The van der Waals surface area contributed by atoms with Crippen molar-refractivity contribution in [2.75, 3.05) is 13.1 Å². The van der Waals surface area contributed by atoms with Gasteiger partial charge in [0.15, 0.2) is 0 Å². The van der Waals surface area contributed by atoms with Crippen molar-refractivity contribution >= 4 is 17.6 Å². The van der Waals surface area contributed by atoms with E-state index in [1.54, 1.807) is 12.1 Å². The highest BCUT2D eigenvalue weighted by molar-refractivity contribution is 6.30. The van der Waals surface area contributed by atoms with Gasteiger partial charge < -0.3 is 10.2 Å². The molecule has 0 aliphatic carbocycles. The zero-order chi connectivity index (χ0) is 14.0. The summed E-state index contributed by atoms with van der Waals surface area (Å²) in [5, 5.41) is 19.0. The first kappa shape index (κ1) is 14.2. The molecule has 0 bridgehead atoms. The number of carboxylic acid groups (broad SMARTS) is 1. The van der Waals surface area contributed by atoms with Crippen LogP contribution in [0, 0.1) is 11.7 Å². The second-order valence-electron chi connectivity index (χ2n) is 4.77. The van der Waals surface area contributed by atoms with E-state index in [0.717, 1.165) is 0 Å². The van der Waals surface area contributed by atoms with Crippen molar-refractivity contribution in [2.45, 2.75) is 19.1 Å². The zero-order valence-corrected chi connectivity index (χ0v) is 11.0. The molecule has 2 N–H and O–H groups in total.